The van der Waals surface area contributed by atoms with Gasteiger partial charge in [0.05, 0.1) is 0 Å². The molecular formula is C14H19F2NO2. The molecule has 0 radical (unpaired) electrons. The fourth-order valence-corrected chi connectivity index (χ4v) is 1.73. The number of hydrogen-bond acceptors (Lipinski definition) is 2. The molecule has 0 saturated heterocycles. The van der Waals surface area contributed by atoms with Gasteiger partial charge in [-0.05, 0) is 44.4 Å². The third kappa shape index (κ3) is 5.34. The van der Waals surface area contributed by atoms with E-state index in [0.29, 0.717) is 18.4 Å². The molecule has 0 unspecified atom stereocenters. The third-order valence-electron chi connectivity index (χ3n) is 2.84. The van der Waals surface area contributed by atoms with Crippen LogP contribution in [0.3, 0.4) is 0 Å². The van der Waals surface area contributed by atoms with Gasteiger partial charge in [0, 0.05) is 18.6 Å². The van der Waals surface area contributed by atoms with Gasteiger partial charge in [-0.25, -0.2) is 8.78 Å². The lowest BCUT2D eigenvalue weighted by Gasteiger charge is -2.25. The Labute approximate surface area is 111 Å². The molecule has 0 aliphatic rings. The topological polar surface area (TPSA) is 49.3 Å². The average molecular weight is 271 g/mol. The summed E-state index contributed by atoms with van der Waals surface area (Å²) in [5, 5.41) is 11.6. The number of aliphatic hydroxyl groups excluding tert-OH is 1. The van der Waals surface area contributed by atoms with Crippen molar-refractivity contribution in [3.63, 3.8) is 0 Å². The van der Waals surface area contributed by atoms with Crippen molar-refractivity contribution in [3.8, 4) is 0 Å². The van der Waals surface area contributed by atoms with Crippen molar-refractivity contribution in [1.29, 1.82) is 0 Å². The number of amides is 1. The molecule has 3 nitrogen and oxygen atoms in total. The molecule has 1 rings (SSSR count). The number of aliphatic hydroxyl groups is 1. The number of carbonyl (C=O) groups excluding carboxylic acids is 1. The van der Waals surface area contributed by atoms with E-state index in [1.54, 1.807) is 0 Å². The second-order valence-electron chi connectivity index (χ2n) is 5.15. The molecule has 0 bridgehead atoms. The maximum absolute atomic E-state index is 13.0. The number of benzene rings is 1. The van der Waals surface area contributed by atoms with Crippen LogP contribution < -0.4 is 5.32 Å². The van der Waals surface area contributed by atoms with Gasteiger partial charge < -0.3 is 10.4 Å². The van der Waals surface area contributed by atoms with E-state index >= 15 is 0 Å². The van der Waals surface area contributed by atoms with Crippen LogP contribution in [0, 0.1) is 11.6 Å². The second kappa shape index (κ2) is 6.61. The zero-order chi connectivity index (χ0) is 14.5. The first-order valence-corrected chi connectivity index (χ1v) is 6.20. The summed E-state index contributed by atoms with van der Waals surface area (Å²) in [6.07, 6.45) is 1.00. The van der Waals surface area contributed by atoms with Gasteiger partial charge in [0.25, 0.3) is 0 Å². The summed E-state index contributed by atoms with van der Waals surface area (Å²) >= 11 is 0. The van der Waals surface area contributed by atoms with Crippen molar-refractivity contribution in [2.75, 3.05) is 6.61 Å². The Morgan fingerprint density at radius 3 is 2.58 bits per heavy atom. The monoisotopic (exact) mass is 271 g/mol. The van der Waals surface area contributed by atoms with E-state index in [0.717, 1.165) is 12.1 Å². The molecule has 0 spiro atoms. The van der Waals surface area contributed by atoms with Crippen LogP contribution in [0.5, 0.6) is 0 Å². The number of aryl methyl sites for hydroxylation is 1. The van der Waals surface area contributed by atoms with Crippen LogP contribution in [0.2, 0.25) is 0 Å². The minimum absolute atomic E-state index is 0.00352. The Morgan fingerprint density at radius 1 is 1.32 bits per heavy atom. The van der Waals surface area contributed by atoms with E-state index in [1.165, 1.54) is 6.07 Å². The number of carbonyl (C=O) groups is 1. The molecule has 0 aliphatic heterocycles. The zero-order valence-electron chi connectivity index (χ0n) is 11.2. The lowest BCUT2D eigenvalue weighted by atomic mass is 10.0. The Bertz CT molecular complexity index is 447. The van der Waals surface area contributed by atoms with Crippen LogP contribution in [0.15, 0.2) is 18.2 Å². The average Bonchev–Trinajstić information content (AvgIpc) is 2.30. The maximum Gasteiger partial charge on any atom is 0.220 e. The van der Waals surface area contributed by atoms with Crippen LogP contribution in [0.25, 0.3) is 0 Å². The largest absolute Gasteiger partial charge is 0.396 e. The Hall–Kier alpha value is -1.49. The first-order valence-electron chi connectivity index (χ1n) is 6.20. The van der Waals surface area contributed by atoms with E-state index in [9.17, 15) is 13.6 Å². The molecule has 0 saturated carbocycles. The quantitative estimate of drug-likeness (QED) is 0.833. The van der Waals surface area contributed by atoms with Gasteiger partial charge >= 0.3 is 0 Å². The highest BCUT2D eigenvalue weighted by Crippen LogP contribution is 2.12. The molecule has 1 aromatic rings. The smallest absolute Gasteiger partial charge is 0.220 e. The number of hydrogen-bond donors (Lipinski definition) is 2. The van der Waals surface area contributed by atoms with Gasteiger partial charge in [-0.1, -0.05) is 6.07 Å². The highest BCUT2D eigenvalue weighted by Gasteiger charge is 2.19. The Balaban J connectivity index is 2.48. The van der Waals surface area contributed by atoms with E-state index in [4.69, 9.17) is 5.11 Å². The molecule has 2 N–H and O–H groups in total. The number of rotatable bonds is 6. The van der Waals surface area contributed by atoms with Crippen molar-refractivity contribution in [1.82, 2.24) is 5.32 Å². The van der Waals surface area contributed by atoms with Crippen LogP contribution in [-0.4, -0.2) is 23.2 Å². The number of halogens is 2. The minimum Gasteiger partial charge on any atom is -0.396 e. The first kappa shape index (κ1) is 15.6. The first-order chi connectivity index (χ1) is 8.84. The fourth-order valence-electron chi connectivity index (χ4n) is 1.73. The lowest BCUT2D eigenvalue weighted by molar-refractivity contribution is -0.122. The standard InChI is InChI=1S/C14H19F2NO2/c1-14(2,7-8-18)17-13(19)6-4-10-3-5-11(15)12(16)9-10/h3,5,9,18H,4,6-8H2,1-2H3,(H,17,19). The van der Waals surface area contributed by atoms with E-state index in [2.05, 4.69) is 5.32 Å². The summed E-state index contributed by atoms with van der Waals surface area (Å²) in [7, 11) is 0. The summed E-state index contributed by atoms with van der Waals surface area (Å²) in [6, 6.07) is 3.62. The van der Waals surface area contributed by atoms with E-state index in [-0.39, 0.29) is 18.9 Å². The van der Waals surface area contributed by atoms with Crippen molar-refractivity contribution < 1.29 is 18.7 Å². The van der Waals surface area contributed by atoms with Crippen molar-refractivity contribution in [2.24, 2.45) is 0 Å². The number of nitrogens with one attached hydrogen (secondary N) is 1. The maximum atomic E-state index is 13.0. The molecule has 0 heterocycles. The molecule has 1 amide bonds. The fraction of sp³-hybridized carbons (Fsp3) is 0.500. The predicted octanol–water partition coefficient (Wildman–Crippen LogP) is 2.17. The van der Waals surface area contributed by atoms with Crippen LogP contribution in [0.4, 0.5) is 8.78 Å². The van der Waals surface area contributed by atoms with Gasteiger partial charge in [-0.3, -0.25) is 4.79 Å². The van der Waals surface area contributed by atoms with Crippen LogP contribution >= 0.6 is 0 Å². The van der Waals surface area contributed by atoms with Crippen LogP contribution in [-0.2, 0) is 11.2 Å². The summed E-state index contributed by atoms with van der Waals surface area (Å²) in [5.74, 6) is -1.97. The summed E-state index contributed by atoms with van der Waals surface area (Å²) in [4.78, 5) is 11.7. The van der Waals surface area contributed by atoms with Gasteiger partial charge in [0.2, 0.25) is 5.91 Å². The predicted molar refractivity (Wildman–Crippen MR) is 68.6 cm³/mol. The van der Waals surface area contributed by atoms with Crippen molar-refractivity contribution >= 4 is 5.91 Å². The Morgan fingerprint density at radius 2 is 2.00 bits per heavy atom. The molecule has 1 aromatic carbocycles. The summed E-state index contributed by atoms with van der Waals surface area (Å²) in [6.45, 7) is 3.63. The van der Waals surface area contributed by atoms with E-state index in [1.807, 2.05) is 13.8 Å². The molecular weight excluding hydrogens is 252 g/mol. The third-order valence-corrected chi connectivity index (χ3v) is 2.84. The van der Waals surface area contributed by atoms with Gasteiger partial charge in [-0.15, -0.1) is 0 Å². The van der Waals surface area contributed by atoms with Crippen molar-refractivity contribution in [3.05, 3.63) is 35.4 Å². The molecule has 5 heteroatoms. The van der Waals surface area contributed by atoms with Gasteiger partial charge in [-0.2, -0.15) is 0 Å². The zero-order valence-corrected chi connectivity index (χ0v) is 11.2. The SMILES string of the molecule is CC(C)(CCO)NC(=O)CCc1ccc(F)c(F)c1. The lowest BCUT2D eigenvalue weighted by Crippen LogP contribution is -2.44. The highest BCUT2D eigenvalue weighted by atomic mass is 19.2. The molecule has 106 valence electrons. The summed E-state index contributed by atoms with van der Waals surface area (Å²) in [5.41, 5.74) is 0.105. The molecule has 0 fully saturated rings. The highest BCUT2D eigenvalue weighted by molar-refractivity contribution is 5.76. The van der Waals surface area contributed by atoms with Gasteiger partial charge in [0.15, 0.2) is 11.6 Å². The molecule has 0 aliphatic carbocycles. The van der Waals surface area contributed by atoms with Crippen LogP contribution in [0.1, 0.15) is 32.3 Å². The molecule has 19 heavy (non-hydrogen) atoms. The Kier molecular flexibility index (Phi) is 5.42. The summed E-state index contributed by atoms with van der Waals surface area (Å²) < 4.78 is 25.7. The second-order valence-corrected chi connectivity index (χ2v) is 5.15. The minimum atomic E-state index is -0.904. The van der Waals surface area contributed by atoms with Gasteiger partial charge in [0.1, 0.15) is 0 Å². The van der Waals surface area contributed by atoms with Crippen molar-refractivity contribution in [2.45, 2.75) is 38.6 Å². The normalized spacial score (nSPS) is 11.4. The van der Waals surface area contributed by atoms with E-state index < -0.39 is 17.2 Å². The molecule has 0 atom stereocenters. The molecule has 0 aromatic heterocycles.